The van der Waals surface area contributed by atoms with Gasteiger partial charge >= 0.3 is 6.01 Å². The molecule has 202 valence electrons. The summed E-state index contributed by atoms with van der Waals surface area (Å²) >= 11 is 0. The van der Waals surface area contributed by atoms with Crippen LogP contribution in [0.5, 0.6) is 0 Å². The largest absolute Gasteiger partial charge is 0.422 e. The molecule has 0 saturated carbocycles. The van der Waals surface area contributed by atoms with E-state index in [4.69, 9.17) is 9.40 Å². The molecule has 0 atom stereocenters. The molecule has 4 aromatic heterocycles. The number of para-hydroxylation sites is 2. The standard InChI is InChI=1S/C38H24N4O/c1-3-12-25(13-4-1)34-37(26-14-5-2-6-15-26)43-38(40-34)42-33-20-10-8-18-29(33)31-22-21-30-28-17-7-9-19-32(28)41(35(30)36(31)42)27-16-11-23-39-24-27/h1-24H. The van der Waals surface area contributed by atoms with E-state index in [9.17, 15) is 0 Å². The van der Waals surface area contributed by atoms with Gasteiger partial charge in [-0.15, -0.1) is 0 Å². The number of benzene rings is 5. The molecule has 9 aromatic rings. The minimum absolute atomic E-state index is 0.527. The zero-order valence-electron chi connectivity index (χ0n) is 23.1. The Morgan fingerprint density at radius 1 is 0.488 bits per heavy atom. The fourth-order valence-corrected chi connectivity index (χ4v) is 6.43. The molecule has 5 heteroatoms. The molecular weight excluding hydrogens is 528 g/mol. The summed E-state index contributed by atoms with van der Waals surface area (Å²) < 4.78 is 11.3. The predicted octanol–water partition coefficient (Wildman–Crippen LogP) is 9.60. The van der Waals surface area contributed by atoms with Crippen LogP contribution >= 0.6 is 0 Å². The zero-order chi connectivity index (χ0) is 28.3. The molecule has 0 bridgehead atoms. The van der Waals surface area contributed by atoms with Crippen LogP contribution in [0.1, 0.15) is 0 Å². The van der Waals surface area contributed by atoms with Crippen LogP contribution in [0.3, 0.4) is 0 Å². The molecule has 0 spiro atoms. The van der Waals surface area contributed by atoms with E-state index in [2.05, 4.69) is 105 Å². The number of pyridine rings is 1. The maximum absolute atomic E-state index is 6.81. The molecule has 0 aliphatic heterocycles. The Morgan fingerprint density at radius 3 is 1.72 bits per heavy atom. The van der Waals surface area contributed by atoms with E-state index in [1.165, 1.54) is 5.39 Å². The first kappa shape index (κ1) is 23.7. The van der Waals surface area contributed by atoms with Crippen molar-refractivity contribution in [3.63, 3.8) is 0 Å². The molecule has 0 saturated heterocycles. The molecule has 0 aliphatic carbocycles. The highest BCUT2D eigenvalue weighted by molar-refractivity contribution is 6.23. The fraction of sp³-hybridized carbons (Fsp3) is 0. The summed E-state index contributed by atoms with van der Waals surface area (Å²) in [4.78, 5) is 9.72. The van der Waals surface area contributed by atoms with Gasteiger partial charge in [0.15, 0.2) is 5.76 Å². The number of hydrogen-bond acceptors (Lipinski definition) is 3. The molecule has 0 aliphatic rings. The third-order valence-electron chi connectivity index (χ3n) is 8.26. The third-order valence-corrected chi connectivity index (χ3v) is 8.26. The van der Waals surface area contributed by atoms with Crippen molar-refractivity contribution >= 4 is 43.6 Å². The second-order valence-electron chi connectivity index (χ2n) is 10.7. The Morgan fingerprint density at radius 2 is 1.07 bits per heavy atom. The molecule has 0 amide bonds. The van der Waals surface area contributed by atoms with E-state index >= 15 is 0 Å². The number of oxazole rings is 1. The predicted molar refractivity (Wildman–Crippen MR) is 174 cm³/mol. The monoisotopic (exact) mass is 552 g/mol. The van der Waals surface area contributed by atoms with E-state index in [-0.39, 0.29) is 0 Å². The van der Waals surface area contributed by atoms with E-state index < -0.39 is 0 Å². The van der Waals surface area contributed by atoms with Crippen molar-refractivity contribution in [2.75, 3.05) is 0 Å². The Labute approximate surface area is 246 Å². The Hall–Kier alpha value is -5.94. The highest BCUT2D eigenvalue weighted by Crippen LogP contribution is 2.43. The SMILES string of the molecule is c1ccc(-c2nc(-n3c4ccccc4c4ccc5c6ccccc6n(-c6cccnc6)c5c43)oc2-c2ccccc2)cc1. The van der Waals surface area contributed by atoms with Crippen LogP contribution in [0.4, 0.5) is 0 Å². The molecular formula is C38H24N4O. The number of fused-ring (bicyclic) bond motifs is 7. The van der Waals surface area contributed by atoms with Crippen molar-refractivity contribution in [1.82, 2.24) is 19.1 Å². The molecule has 0 fully saturated rings. The van der Waals surface area contributed by atoms with Crippen LogP contribution in [0, 0.1) is 0 Å². The summed E-state index contributed by atoms with van der Waals surface area (Å²) in [6.07, 6.45) is 3.73. The lowest BCUT2D eigenvalue weighted by molar-refractivity contribution is 0.548. The molecule has 5 nitrogen and oxygen atoms in total. The maximum Gasteiger partial charge on any atom is 0.307 e. The number of aromatic nitrogens is 4. The first-order valence-corrected chi connectivity index (χ1v) is 14.3. The van der Waals surface area contributed by atoms with Crippen LogP contribution in [0.25, 0.3) is 77.9 Å². The minimum Gasteiger partial charge on any atom is -0.422 e. The quantitative estimate of drug-likeness (QED) is 0.218. The average molecular weight is 553 g/mol. The van der Waals surface area contributed by atoms with Gasteiger partial charge in [0.2, 0.25) is 0 Å². The van der Waals surface area contributed by atoms with E-state index in [0.29, 0.717) is 6.01 Å². The first-order valence-electron chi connectivity index (χ1n) is 14.3. The van der Waals surface area contributed by atoms with Crippen molar-refractivity contribution in [2.45, 2.75) is 0 Å². The molecule has 0 unspecified atom stereocenters. The van der Waals surface area contributed by atoms with Gasteiger partial charge in [-0.3, -0.25) is 9.55 Å². The summed E-state index contributed by atoms with van der Waals surface area (Å²) in [5.41, 5.74) is 8.09. The highest BCUT2D eigenvalue weighted by atomic mass is 16.4. The van der Waals surface area contributed by atoms with Crippen molar-refractivity contribution < 1.29 is 4.42 Å². The third kappa shape index (κ3) is 3.52. The van der Waals surface area contributed by atoms with Crippen LogP contribution in [-0.4, -0.2) is 19.1 Å². The molecule has 9 rings (SSSR count). The van der Waals surface area contributed by atoms with Crippen molar-refractivity contribution in [2.24, 2.45) is 0 Å². The number of rotatable bonds is 4. The first-order chi connectivity index (χ1) is 21.4. The van der Waals surface area contributed by atoms with Crippen molar-refractivity contribution in [1.29, 1.82) is 0 Å². The second-order valence-corrected chi connectivity index (χ2v) is 10.7. The van der Waals surface area contributed by atoms with Gasteiger partial charge in [0.05, 0.1) is 34.0 Å². The molecule has 0 radical (unpaired) electrons. The Kier molecular flexibility index (Phi) is 5.13. The van der Waals surface area contributed by atoms with Gasteiger partial charge in [-0.1, -0.05) is 109 Å². The zero-order valence-corrected chi connectivity index (χ0v) is 23.1. The van der Waals surface area contributed by atoms with Gasteiger partial charge in [-0.2, -0.15) is 4.98 Å². The highest BCUT2D eigenvalue weighted by Gasteiger charge is 2.25. The van der Waals surface area contributed by atoms with E-state index in [0.717, 1.165) is 66.5 Å². The molecule has 0 N–H and O–H groups in total. The maximum atomic E-state index is 6.81. The van der Waals surface area contributed by atoms with Gasteiger partial charge in [-0.25, -0.2) is 0 Å². The summed E-state index contributed by atoms with van der Waals surface area (Å²) in [6, 6.07) is 46.6. The fourth-order valence-electron chi connectivity index (χ4n) is 6.43. The van der Waals surface area contributed by atoms with Gasteiger partial charge in [0.25, 0.3) is 0 Å². The lowest BCUT2D eigenvalue weighted by Crippen LogP contribution is -1.99. The van der Waals surface area contributed by atoms with Crippen LogP contribution < -0.4 is 0 Å². The lowest BCUT2D eigenvalue weighted by Gasteiger charge is -2.10. The van der Waals surface area contributed by atoms with Gasteiger partial charge < -0.3 is 8.98 Å². The smallest absolute Gasteiger partial charge is 0.307 e. The summed E-state index contributed by atoms with van der Waals surface area (Å²) in [7, 11) is 0. The molecule has 5 aromatic carbocycles. The number of hydrogen-bond donors (Lipinski definition) is 0. The van der Waals surface area contributed by atoms with Gasteiger partial charge in [-0.05, 0) is 24.3 Å². The molecule has 43 heavy (non-hydrogen) atoms. The Balaban J connectivity index is 1.47. The molecule has 4 heterocycles. The normalized spacial score (nSPS) is 11.7. The second kappa shape index (κ2) is 9.29. The van der Waals surface area contributed by atoms with Gasteiger partial charge in [0, 0.05) is 38.9 Å². The van der Waals surface area contributed by atoms with Crippen molar-refractivity contribution in [3.05, 3.63) is 146 Å². The van der Waals surface area contributed by atoms with E-state index in [1.807, 2.05) is 54.9 Å². The van der Waals surface area contributed by atoms with Crippen LogP contribution in [-0.2, 0) is 0 Å². The van der Waals surface area contributed by atoms with Crippen molar-refractivity contribution in [3.8, 4) is 34.3 Å². The van der Waals surface area contributed by atoms with Gasteiger partial charge in [0.1, 0.15) is 5.69 Å². The number of nitrogens with zero attached hydrogens (tertiary/aromatic N) is 4. The summed E-state index contributed by atoms with van der Waals surface area (Å²) in [5, 5.41) is 4.62. The lowest BCUT2D eigenvalue weighted by atomic mass is 10.1. The van der Waals surface area contributed by atoms with E-state index in [1.54, 1.807) is 0 Å². The summed E-state index contributed by atoms with van der Waals surface area (Å²) in [6.45, 7) is 0. The average Bonchev–Trinajstić information content (AvgIpc) is 3.76. The summed E-state index contributed by atoms with van der Waals surface area (Å²) in [5.74, 6) is 0.743. The van der Waals surface area contributed by atoms with Crippen LogP contribution in [0.2, 0.25) is 0 Å². The topological polar surface area (TPSA) is 48.8 Å². The Bertz CT molecular complexity index is 2380. The van der Waals surface area contributed by atoms with Crippen LogP contribution in [0.15, 0.2) is 150 Å². The minimum atomic E-state index is 0.527.